The van der Waals surface area contributed by atoms with Crippen LogP contribution in [0.15, 0.2) is 465 Å². The van der Waals surface area contributed by atoms with Crippen LogP contribution in [0.3, 0.4) is 0 Å². The van der Waals surface area contributed by atoms with E-state index < -0.39 is 25.4 Å². The number of rotatable bonds is 11. The van der Waals surface area contributed by atoms with Gasteiger partial charge in [0, 0.05) is 99.7 Å². The number of para-hydroxylation sites is 8. The first kappa shape index (κ1) is 86.5. The minimum absolute atomic E-state index is 0.397. The van der Waals surface area contributed by atoms with Gasteiger partial charge in [0.15, 0.2) is 0 Å². The summed E-state index contributed by atoms with van der Waals surface area (Å²) in [5, 5.41) is 29.9. The number of halogens is 3. The van der Waals surface area contributed by atoms with Gasteiger partial charge in [-0.2, -0.15) is 0 Å². The average molecular weight is 1980 g/mol. The average Bonchev–Trinajstić information content (AvgIpc) is 1.57. The summed E-state index contributed by atoms with van der Waals surface area (Å²) >= 11 is 9.16. The zero-order chi connectivity index (χ0) is 91.1. The lowest BCUT2D eigenvalue weighted by Crippen LogP contribution is -2.41. The van der Waals surface area contributed by atoms with Crippen molar-refractivity contribution in [1.29, 1.82) is 0 Å². The Balaban J connectivity index is 0.000000113. The normalized spacial score (nSPS) is 12.7. The number of aromatic nitrogens is 2. The molecular weight excluding hydrogens is 1890 g/mol. The molecule has 0 bridgehead atoms. The van der Waals surface area contributed by atoms with Crippen molar-refractivity contribution in [3.8, 4) is 89.3 Å². The molecule has 25 rings (SSSR count). The minimum atomic E-state index is -1.51. The minimum Gasteiger partial charge on any atom is -0.456 e. The lowest BCUT2D eigenvalue weighted by Gasteiger charge is -2.32. The fourth-order valence-corrected chi connectivity index (χ4v) is 20.2. The van der Waals surface area contributed by atoms with Gasteiger partial charge in [0.25, 0.3) is 0 Å². The van der Waals surface area contributed by atoms with Gasteiger partial charge >= 0.3 is 14.2 Å². The molecule has 1 saturated heterocycles. The Bertz CT molecular complexity index is 8270. The quantitative estimate of drug-likeness (QED) is 0.0981. The first-order chi connectivity index (χ1) is 65.5. The van der Waals surface area contributed by atoms with E-state index in [0.29, 0.717) is 11.0 Å². The molecule has 2 N–H and O–H groups in total. The molecule has 134 heavy (non-hydrogen) atoms. The molecule has 24 aromatic rings. The molecule has 0 amide bonds. The zero-order valence-corrected chi connectivity index (χ0v) is 79.1. The largest absolute Gasteiger partial charge is 0.496 e. The monoisotopic (exact) mass is 1970 g/mol. The van der Waals surface area contributed by atoms with Gasteiger partial charge in [-0.1, -0.05) is 359 Å². The van der Waals surface area contributed by atoms with Gasteiger partial charge in [-0.15, -0.1) is 0 Å². The predicted molar refractivity (Wildman–Crippen MR) is 574 cm³/mol. The molecule has 0 spiro atoms. The third-order valence-electron chi connectivity index (χ3n) is 25.7. The molecule has 1 aliphatic rings. The summed E-state index contributed by atoms with van der Waals surface area (Å²) < 4.78 is 39.5. The summed E-state index contributed by atoms with van der Waals surface area (Å²) in [5.41, 5.74) is 29.0. The zero-order valence-electron chi connectivity index (χ0n) is 73.8. The van der Waals surface area contributed by atoms with E-state index in [2.05, 4.69) is 437 Å². The van der Waals surface area contributed by atoms with E-state index in [1.54, 1.807) is 12.1 Å². The number of hydrogen-bond acceptors (Lipinski definition) is 7. The standard InChI is InChI=1S/C48H31NO.C36H32BNO2.C18H11BrO.C12H9BO3.C6H4BrI/c1-3-13-32(14-4-1)34-25-27-45-42(30-34)43-31-35(33-15-5-2-6-16-33)26-28-46(43)49(45)44-23-9-7-19-38(44)36-17-11-18-37(29-36)39-21-12-22-41-40-20-8-10-24-47(40)50-48(39)41;1-35(2)36(3,4)40-37(39-35)31-17-11-12-18-34(31)38-32-21-19-27(25-13-7-5-8-14-25)23-29(32)30-24-28(20-22-33(30)38)26-15-9-6-10-16-26;19-13-6-3-5-12(11-13)14-8-4-9-16-15-7-1-2-10-17(15)20-18(14)16;14-13(15)10-6-3-5-9-8-4-1-2-7-11(8)16-12(9)10;7-5-2-1-3-6(8)4-5/h1-31H;5-24H,1-4H3;1-11H;1-7,14-15H;1-4H. The third-order valence-corrected chi connectivity index (χ3v) is 27.4. The number of nitrogens with zero attached hydrogens (tertiary/aromatic N) is 2. The fourth-order valence-electron chi connectivity index (χ4n) is 18.5. The highest BCUT2D eigenvalue weighted by Crippen LogP contribution is 2.46. The second kappa shape index (κ2) is 37.1. The molecule has 0 radical (unpaired) electrons. The Labute approximate surface area is 807 Å². The van der Waals surface area contributed by atoms with Crippen LogP contribution in [0, 0.1) is 3.57 Å². The molecule has 14 heteroatoms. The summed E-state index contributed by atoms with van der Waals surface area (Å²) in [4.78, 5) is 0. The van der Waals surface area contributed by atoms with Gasteiger partial charge in [0.05, 0.1) is 39.0 Å². The van der Waals surface area contributed by atoms with Crippen molar-refractivity contribution < 1.29 is 32.6 Å². The van der Waals surface area contributed by atoms with Crippen LogP contribution < -0.4 is 10.9 Å². The first-order valence-electron chi connectivity index (χ1n) is 44.8. The molecule has 9 nitrogen and oxygen atoms in total. The molecule has 0 aliphatic carbocycles. The Morgan fingerprint density at radius 3 is 0.993 bits per heavy atom. The van der Waals surface area contributed by atoms with E-state index in [-0.39, 0.29) is 0 Å². The summed E-state index contributed by atoms with van der Waals surface area (Å²) in [6.07, 6.45) is 0. The van der Waals surface area contributed by atoms with Crippen molar-refractivity contribution in [3.05, 3.63) is 455 Å². The van der Waals surface area contributed by atoms with E-state index in [1.807, 2.05) is 84.9 Å². The molecule has 6 heterocycles. The van der Waals surface area contributed by atoms with Crippen molar-refractivity contribution >= 4 is 189 Å². The highest BCUT2D eigenvalue weighted by atomic mass is 127. The van der Waals surface area contributed by atoms with Crippen molar-refractivity contribution in [2.45, 2.75) is 38.9 Å². The predicted octanol–water partition coefficient (Wildman–Crippen LogP) is 32.1. The molecule has 646 valence electrons. The maximum absolute atomic E-state index is 9.24. The summed E-state index contributed by atoms with van der Waals surface area (Å²) in [6.45, 7) is 8.41. The summed E-state index contributed by atoms with van der Waals surface area (Å²) in [7, 11) is -1.97. The molecule has 19 aromatic carbocycles. The molecule has 0 atom stereocenters. The van der Waals surface area contributed by atoms with Crippen molar-refractivity contribution in [2.75, 3.05) is 0 Å². The van der Waals surface area contributed by atoms with Crippen LogP contribution in [0.1, 0.15) is 27.7 Å². The van der Waals surface area contributed by atoms with Gasteiger partial charge in [0.1, 0.15) is 33.5 Å². The first-order valence-corrected chi connectivity index (χ1v) is 47.4. The molecule has 0 saturated carbocycles. The lowest BCUT2D eigenvalue weighted by molar-refractivity contribution is 0.00578. The molecule has 1 fully saturated rings. The molecule has 5 aromatic heterocycles. The van der Waals surface area contributed by atoms with E-state index in [9.17, 15) is 10.0 Å². The smallest absolute Gasteiger partial charge is 0.456 e. The van der Waals surface area contributed by atoms with Crippen LogP contribution in [0.4, 0.5) is 0 Å². The van der Waals surface area contributed by atoms with Crippen LogP contribution in [-0.4, -0.2) is 44.6 Å². The Morgan fingerprint density at radius 1 is 0.261 bits per heavy atom. The maximum Gasteiger partial charge on any atom is 0.496 e. The van der Waals surface area contributed by atoms with Gasteiger partial charge in [-0.05, 0) is 227 Å². The van der Waals surface area contributed by atoms with E-state index in [4.69, 9.17) is 22.6 Å². The van der Waals surface area contributed by atoms with Gasteiger partial charge in [0.2, 0.25) is 0 Å². The number of hydrogen-bond donors (Lipinski definition) is 2. The van der Waals surface area contributed by atoms with Crippen molar-refractivity contribution in [3.63, 3.8) is 0 Å². The molecule has 0 unspecified atom stereocenters. The van der Waals surface area contributed by atoms with Crippen molar-refractivity contribution in [2.24, 2.45) is 0 Å². The second-order valence-electron chi connectivity index (χ2n) is 34.5. The number of benzene rings is 19. The van der Waals surface area contributed by atoms with E-state index >= 15 is 0 Å². The Morgan fingerprint density at radius 2 is 0.575 bits per heavy atom. The van der Waals surface area contributed by atoms with Crippen LogP contribution >= 0.6 is 54.5 Å². The Hall–Kier alpha value is -14.2. The Kier molecular flexibility index (Phi) is 24.0. The topological polar surface area (TPSA) is 108 Å². The summed E-state index contributed by atoms with van der Waals surface area (Å²) in [5.74, 6) is 0. The number of fused-ring (bicyclic) bond motifs is 15. The van der Waals surface area contributed by atoms with E-state index in [1.165, 1.54) is 91.6 Å². The van der Waals surface area contributed by atoms with Gasteiger partial charge < -0.3 is 41.7 Å². The number of furan rings is 3. The van der Waals surface area contributed by atoms with Crippen molar-refractivity contribution in [1.82, 2.24) is 9.13 Å². The third kappa shape index (κ3) is 17.0. The molecular formula is C120H87B2Br2IN2O7. The van der Waals surface area contributed by atoms with Crippen LogP contribution in [-0.2, 0) is 9.31 Å². The van der Waals surface area contributed by atoms with Gasteiger partial charge in [-0.25, -0.2) is 0 Å². The highest BCUT2D eigenvalue weighted by molar-refractivity contribution is 14.1. The van der Waals surface area contributed by atoms with Crippen LogP contribution in [0.5, 0.6) is 0 Å². The molecule has 1 aliphatic heterocycles. The van der Waals surface area contributed by atoms with Gasteiger partial charge in [-0.3, -0.25) is 0 Å². The van der Waals surface area contributed by atoms with Crippen LogP contribution in [0.2, 0.25) is 0 Å². The maximum atomic E-state index is 9.24. The van der Waals surface area contributed by atoms with E-state index in [0.717, 1.165) is 119 Å². The van der Waals surface area contributed by atoms with Crippen LogP contribution in [0.25, 0.3) is 199 Å². The fraction of sp³-hybridized carbons (Fsp3) is 0.0500. The summed E-state index contributed by atoms with van der Waals surface area (Å²) in [6, 6.07) is 155. The second-order valence-corrected chi connectivity index (χ2v) is 37.6. The highest BCUT2D eigenvalue weighted by Gasteiger charge is 2.52. The lowest BCUT2D eigenvalue weighted by atomic mass is 9.77. The SMILES string of the molecule is Brc1cccc(-c2cccc3c2oc2ccccc23)c1.Brc1cccc(I)c1.CC1(C)OB(c2ccccc2-n2c3ccc(-c4ccccc4)cc3c3cc(-c4ccccc4)ccc32)OC1(C)C.OB(O)c1cccc2c1oc1ccccc12.c1ccc(-c2ccc3c(c2)c2cc(-c4ccccc4)ccc2n3-c2ccccc2-c2cccc(-c3cccc4c3oc3ccccc34)c2)cc1.